The van der Waals surface area contributed by atoms with Crippen LogP contribution in [-0.2, 0) is 16.8 Å². The third-order valence-electron chi connectivity index (χ3n) is 5.16. The van der Waals surface area contributed by atoms with Crippen LogP contribution >= 0.6 is 11.5 Å². The molecule has 1 fully saturated rings. The molecule has 1 heterocycles. The number of benzene rings is 1. The topological polar surface area (TPSA) is 55.3 Å². The number of aromatic nitrogens is 2. The molecule has 3 rings (SSSR count). The Morgan fingerprint density at radius 2 is 1.96 bits per heavy atom. The summed E-state index contributed by atoms with van der Waals surface area (Å²) in [6.07, 6.45) is 0.857. The lowest BCUT2D eigenvalue weighted by Crippen LogP contribution is -2.38. The number of carbonyl (C=O) groups is 1. The Labute approximate surface area is 146 Å². The highest BCUT2D eigenvalue weighted by Crippen LogP contribution is 2.65. The van der Waals surface area contributed by atoms with Crippen LogP contribution in [0.2, 0.25) is 0 Å². The number of carbonyl (C=O) groups excluding carboxylic acids is 1. The van der Waals surface area contributed by atoms with E-state index in [0.717, 1.165) is 28.3 Å². The monoisotopic (exact) mass is 345 g/mol. The van der Waals surface area contributed by atoms with E-state index < -0.39 is 5.41 Å². The first-order valence-corrected chi connectivity index (χ1v) is 8.77. The summed E-state index contributed by atoms with van der Waals surface area (Å²) < 4.78 is 9.20. The summed E-state index contributed by atoms with van der Waals surface area (Å²) in [6, 6.07) is 7.88. The molecule has 1 aromatic heterocycles. The van der Waals surface area contributed by atoms with Gasteiger partial charge in [0.15, 0.2) is 0 Å². The number of rotatable bonds is 5. The van der Waals surface area contributed by atoms with Crippen molar-refractivity contribution in [1.82, 2.24) is 14.5 Å². The maximum Gasteiger partial charge on any atom is 0.233 e. The zero-order valence-electron chi connectivity index (χ0n) is 14.8. The van der Waals surface area contributed by atoms with Crippen LogP contribution in [-0.4, -0.2) is 34.6 Å². The number of hydrogen-bond donors (Lipinski definition) is 0. The van der Waals surface area contributed by atoms with E-state index in [1.165, 1.54) is 11.5 Å². The lowest BCUT2D eigenvalue weighted by Gasteiger charge is -2.27. The first-order chi connectivity index (χ1) is 11.3. The van der Waals surface area contributed by atoms with Crippen molar-refractivity contribution in [1.29, 1.82) is 0 Å². The molecule has 0 saturated heterocycles. The van der Waals surface area contributed by atoms with Gasteiger partial charge in [-0.2, -0.15) is 0 Å². The Kier molecular flexibility index (Phi) is 4.11. The fourth-order valence-electron chi connectivity index (χ4n) is 3.48. The summed E-state index contributed by atoms with van der Waals surface area (Å²) in [5.74, 6) is 0.963. The van der Waals surface area contributed by atoms with E-state index >= 15 is 0 Å². The highest BCUT2D eigenvalue weighted by Gasteiger charge is 2.67. The predicted molar refractivity (Wildman–Crippen MR) is 94.2 cm³/mol. The maximum atomic E-state index is 13.3. The lowest BCUT2D eigenvalue weighted by atomic mass is 9.86. The van der Waals surface area contributed by atoms with Gasteiger partial charge in [-0.3, -0.25) is 4.79 Å². The number of methoxy groups -OCH3 is 1. The zero-order valence-corrected chi connectivity index (χ0v) is 15.6. The van der Waals surface area contributed by atoms with Gasteiger partial charge in [0.2, 0.25) is 5.91 Å². The van der Waals surface area contributed by atoms with Crippen molar-refractivity contribution in [3.63, 3.8) is 0 Å². The normalized spacial score (nSPS) is 21.4. The molecule has 5 nitrogen and oxygen atoms in total. The van der Waals surface area contributed by atoms with Crippen LogP contribution in [0.25, 0.3) is 0 Å². The van der Waals surface area contributed by atoms with Gasteiger partial charge in [-0.25, -0.2) is 0 Å². The number of aryl methyl sites for hydroxylation is 1. The fourth-order valence-corrected chi connectivity index (χ4v) is 4.17. The summed E-state index contributed by atoms with van der Waals surface area (Å²) in [5.41, 5.74) is 1.45. The maximum absolute atomic E-state index is 13.3. The molecule has 1 aromatic carbocycles. The molecule has 0 unspecified atom stereocenters. The van der Waals surface area contributed by atoms with Crippen molar-refractivity contribution >= 4 is 17.4 Å². The highest BCUT2D eigenvalue weighted by molar-refractivity contribution is 7.05. The molecular weight excluding hydrogens is 322 g/mol. The third kappa shape index (κ3) is 2.59. The Morgan fingerprint density at radius 1 is 1.33 bits per heavy atom. The summed E-state index contributed by atoms with van der Waals surface area (Å²) in [6.45, 7) is 6.79. The summed E-state index contributed by atoms with van der Waals surface area (Å²) in [4.78, 5) is 16.1. The molecule has 1 atom stereocenters. The largest absolute Gasteiger partial charge is 0.497 e. The van der Waals surface area contributed by atoms with E-state index in [-0.39, 0.29) is 11.3 Å². The Morgan fingerprint density at radius 3 is 2.42 bits per heavy atom. The molecule has 24 heavy (non-hydrogen) atoms. The van der Waals surface area contributed by atoms with Crippen LogP contribution < -0.4 is 4.74 Å². The summed E-state index contributed by atoms with van der Waals surface area (Å²) >= 11 is 1.36. The van der Waals surface area contributed by atoms with E-state index in [1.807, 2.05) is 38.2 Å². The number of likely N-dealkylation sites (N-methyl/N-ethyl adjacent to an activating group) is 1. The second-order valence-electron chi connectivity index (χ2n) is 7.14. The van der Waals surface area contributed by atoms with Crippen LogP contribution in [0, 0.1) is 12.3 Å². The molecule has 1 aliphatic rings. The molecule has 0 bridgehead atoms. The van der Waals surface area contributed by atoms with Crippen LogP contribution in [0.4, 0.5) is 0 Å². The van der Waals surface area contributed by atoms with Crippen molar-refractivity contribution in [2.45, 2.75) is 39.2 Å². The van der Waals surface area contributed by atoms with Gasteiger partial charge in [-0.15, -0.1) is 5.10 Å². The zero-order chi connectivity index (χ0) is 17.5. The molecule has 0 aliphatic heterocycles. The van der Waals surface area contributed by atoms with Gasteiger partial charge in [0.05, 0.1) is 29.6 Å². The number of ether oxygens (including phenoxy) is 1. The van der Waals surface area contributed by atoms with Crippen LogP contribution in [0.1, 0.15) is 36.4 Å². The first kappa shape index (κ1) is 16.9. The molecule has 1 saturated carbocycles. The molecule has 0 radical (unpaired) electrons. The number of amides is 1. The van der Waals surface area contributed by atoms with E-state index in [9.17, 15) is 4.79 Å². The average Bonchev–Trinajstić information content (AvgIpc) is 2.94. The van der Waals surface area contributed by atoms with Gasteiger partial charge in [0.25, 0.3) is 0 Å². The standard InChI is InChI=1S/C18H23N3O2S/c1-12-15(24-20-19-12)10-21(4)16(22)18(11-17(18,2)3)13-6-8-14(23-5)9-7-13/h6-9H,10-11H2,1-5H3/t18-/m1/s1. The molecule has 128 valence electrons. The highest BCUT2D eigenvalue weighted by atomic mass is 32.1. The average molecular weight is 345 g/mol. The number of hydrogen-bond acceptors (Lipinski definition) is 5. The summed E-state index contributed by atoms with van der Waals surface area (Å²) in [5, 5.41) is 4.03. The minimum absolute atomic E-state index is 0.0477. The minimum Gasteiger partial charge on any atom is -0.497 e. The molecule has 6 heteroatoms. The van der Waals surface area contributed by atoms with Crippen molar-refractivity contribution in [3.05, 3.63) is 40.4 Å². The Bertz CT molecular complexity index is 754. The van der Waals surface area contributed by atoms with Crippen LogP contribution in [0.3, 0.4) is 0 Å². The van der Waals surface area contributed by atoms with E-state index in [4.69, 9.17) is 4.74 Å². The van der Waals surface area contributed by atoms with Gasteiger partial charge < -0.3 is 9.64 Å². The Balaban J connectivity index is 1.87. The van der Waals surface area contributed by atoms with E-state index in [1.54, 1.807) is 12.0 Å². The molecule has 2 aromatic rings. The van der Waals surface area contributed by atoms with Crippen molar-refractivity contribution in [2.24, 2.45) is 5.41 Å². The van der Waals surface area contributed by atoms with Crippen molar-refractivity contribution < 1.29 is 9.53 Å². The molecular formula is C18H23N3O2S. The Hall–Kier alpha value is -1.95. The minimum atomic E-state index is -0.458. The van der Waals surface area contributed by atoms with Gasteiger partial charge in [-0.1, -0.05) is 30.5 Å². The first-order valence-electron chi connectivity index (χ1n) is 8.00. The van der Waals surface area contributed by atoms with Gasteiger partial charge in [0, 0.05) is 7.05 Å². The molecule has 1 aliphatic carbocycles. The van der Waals surface area contributed by atoms with Crippen molar-refractivity contribution in [3.8, 4) is 5.75 Å². The molecule has 0 spiro atoms. The quantitative estimate of drug-likeness (QED) is 0.835. The van der Waals surface area contributed by atoms with Crippen LogP contribution in [0.5, 0.6) is 5.75 Å². The number of nitrogens with zero attached hydrogens (tertiary/aromatic N) is 3. The van der Waals surface area contributed by atoms with Gasteiger partial charge in [0.1, 0.15) is 5.75 Å². The third-order valence-corrected chi connectivity index (χ3v) is 5.97. The predicted octanol–water partition coefficient (Wildman–Crippen LogP) is 3.18. The van der Waals surface area contributed by atoms with Gasteiger partial charge in [-0.05, 0) is 48.0 Å². The SMILES string of the molecule is COc1ccc([C@@]2(C(=O)N(C)Cc3snnc3C)CC2(C)C)cc1. The fraction of sp³-hybridized carbons (Fsp3) is 0.500. The summed E-state index contributed by atoms with van der Waals surface area (Å²) in [7, 11) is 3.51. The molecule has 1 amide bonds. The smallest absolute Gasteiger partial charge is 0.233 e. The second-order valence-corrected chi connectivity index (χ2v) is 7.98. The lowest BCUT2D eigenvalue weighted by molar-refractivity contribution is -0.134. The van der Waals surface area contributed by atoms with Gasteiger partial charge >= 0.3 is 0 Å². The van der Waals surface area contributed by atoms with Crippen LogP contribution in [0.15, 0.2) is 24.3 Å². The second kappa shape index (κ2) is 5.84. The van der Waals surface area contributed by atoms with E-state index in [2.05, 4.69) is 23.4 Å². The van der Waals surface area contributed by atoms with Crippen molar-refractivity contribution in [2.75, 3.05) is 14.2 Å². The molecule has 0 N–H and O–H groups in total. The van der Waals surface area contributed by atoms with E-state index in [0.29, 0.717) is 6.54 Å².